The van der Waals surface area contributed by atoms with Crippen molar-refractivity contribution < 1.29 is 0 Å². The molecule has 3 aromatic heterocycles. The fourth-order valence-corrected chi connectivity index (χ4v) is 5.44. The number of aromatic nitrogens is 4. The molecule has 0 saturated heterocycles. The minimum absolute atomic E-state index is 0.175. The zero-order valence-corrected chi connectivity index (χ0v) is 16.2. The van der Waals surface area contributed by atoms with E-state index in [9.17, 15) is 9.59 Å². The van der Waals surface area contributed by atoms with Crippen LogP contribution in [0, 0.1) is 11.7 Å². The van der Waals surface area contributed by atoms with Crippen LogP contribution in [0.25, 0.3) is 21.1 Å². The van der Waals surface area contributed by atoms with E-state index in [0.717, 1.165) is 36.1 Å². The van der Waals surface area contributed by atoms with Crippen LogP contribution in [-0.4, -0.2) is 19.3 Å². The van der Waals surface area contributed by atoms with E-state index in [1.165, 1.54) is 14.2 Å². The summed E-state index contributed by atoms with van der Waals surface area (Å²) in [5.74, 6) is 0.447. The third kappa shape index (κ3) is 2.36. The van der Waals surface area contributed by atoms with Gasteiger partial charge in [0.15, 0.2) is 0 Å². The molecule has 27 heavy (non-hydrogen) atoms. The van der Waals surface area contributed by atoms with Crippen LogP contribution >= 0.6 is 23.6 Å². The fraction of sp³-hybridized carbons (Fsp3) is 0.263. The maximum absolute atomic E-state index is 13.4. The second-order valence-electron chi connectivity index (χ2n) is 6.76. The van der Waals surface area contributed by atoms with Crippen molar-refractivity contribution in [3.05, 3.63) is 66.0 Å². The standard InChI is InChI=1S/C19H16N4O2S2/c1-10-20-16-15(12-7-3-5-9-14(12)27-16)18(25)22(10)23-17(24)11-6-2-4-8-13(11)21-19(23)26/h2,4,6,8H,3,5,7,9H2,1H3,(H,21,26). The molecule has 0 saturated carbocycles. The topological polar surface area (TPSA) is 72.7 Å². The highest BCUT2D eigenvalue weighted by molar-refractivity contribution is 7.71. The third-order valence-corrected chi connectivity index (χ3v) is 6.57. The van der Waals surface area contributed by atoms with Crippen LogP contribution in [0.3, 0.4) is 0 Å². The Morgan fingerprint density at radius 3 is 2.74 bits per heavy atom. The first-order valence-corrected chi connectivity index (χ1v) is 10.1. The number of aromatic amines is 1. The Balaban J connectivity index is 1.92. The van der Waals surface area contributed by atoms with Gasteiger partial charge in [-0.05, 0) is 62.5 Å². The van der Waals surface area contributed by atoms with Crippen molar-refractivity contribution in [3.63, 3.8) is 0 Å². The first-order chi connectivity index (χ1) is 13.1. The third-order valence-electron chi connectivity index (χ3n) is 5.11. The van der Waals surface area contributed by atoms with Crippen LogP contribution in [0.15, 0.2) is 33.9 Å². The van der Waals surface area contributed by atoms with Gasteiger partial charge >= 0.3 is 0 Å². The number of aryl methyl sites for hydroxylation is 3. The predicted molar refractivity (Wildman–Crippen MR) is 109 cm³/mol. The molecule has 0 atom stereocenters. The molecule has 0 aliphatic heterocycles. The molecule has 0 fully saturated rings. The number of hydrogen-bond donors (Lipinski definition) is 1. The lowest BCUT2D eigenvalue weighted by Gasteiger charge is -2.14. The van der Waals surface area contributed by atoms with Gasteiger partial charge in [0.1, 0.15) is 10.7 Å². The molecule has 8 heteroatoms. The number of nitrogens with zero attached hydrogens (tertiary/aromatic N) is 3. The highest BCUT2D eigenvalue weighted by atomic mass is 32.1. The molecule has 5 rings (SSSR count). The van der Waals surface area contributed by atoms with E-state index in [2.05, 4.69) is 9.97 Å². The van der Waals surface area contributed by atoms with Gasteiger partial charge in [-0.3, -0.25) is 9.59 Å². The Morgan fingerprint density at radius 2 is 1.89 bits per heavy atom. The normalized spacial score (nSPS) is 14.0. The molecule has 0 amide bonds. The van der Waals surface area contributed by atoms with Crippen LogP contribution in [0.2, 0.25) is 0 Å². The number of H-pyrrole nitrogens is 1. The number of nitrogens with one attached hydrogen (secondary N) is 1. The van der Waals surface area contributed by atoms with Gasteiger partial charge in [0, 0.05) is 4.88 Å². The Bertz CT molecular complexity index is 1410. The summed E-state index contributed by atoms with van der Waals surface area (Å²) in [6.45, 7) is 1.73. The van der Waals surface area contributed by atoms with E-state index in [0.29, 0.717) is 22.1 Å². The minimum atomic E-state index is -0.329. The predicted octanol–water partition coefficient (Wildman–Crippen LogP) is 3.33. The van der Waals surface area contributed by atoms with Crippen molar-refractivity contribution in [3.8, 4) is 0 Å². The second kappa shape index (κ2) is 5.97. The molecule has 1 N–H and O–H groups in total. The van der Waals surface area contributed by atoms with E-state index in [1.807, 2.05) is 6.07 Å². The van der Waals surface area contributed by atoms with Crippen LogP contribution in [0.4, 0.5) is 0 Å². The van der Waals surface area contributed by atoms with Crippen molar-refractivity contribution in [2.45, 2.75) is 32.6 Å². The Morgan fingerprint density at radius 1 is 1.11 bits per heavy atom. The highest BCUT2D eigenvalue weighted by Crippen LogP contribution is 2.33. The number of benzene rings is 1. The quantitative estimate of drug-likeness (QED) is 0.501. The van der Waals surface area contributed by atoms with Crippen molar-refractivity contribution in [1.29, 1.82) is 0 Å². The monoisotopic (exact) mass is 396 g/mol. The van der Waals surface area contributed by atoms with Gasteiger partial charge in [0.05, 0.1) is 16.3 Å². The van der Waals surface area contributed by atoms with Crippen molar-refractivity contribution in [2.24, 2.45) is 0 Å². The average molecular weight is 396 g/mol. The highest BCUT2D eigenvalue weighted by Gasteiger charge is 2.22. The smallest absolute Gasteiger partial charge is 0.282 e. The van der Waals surface area contributed by atoms with Crippen LogP contribution in [0.5, 0.6) is 0 Å². The van der Waals surface area contributed by atoms with E-state index >= 15 is 0 Å². The van der Waals surface area contributed by atoms with E-state index in [-0.39, 0.29) is 15.9 Å². The van der Waals surface area contributed by atoms with Crippen LogP contribution in [0.1, 0.15) is 29.1 Å². The summed E-state index contributed by atoms with van der Waals surface area (Å²) in [5.41, 5.74) is 1.19. The lowest BCUT2D eigenvalue weighted by molar-refractivity contribution is 0.563. The molecule has 1 aliphatic rings. The molecular formula is C19H16N4O2S2. The Labute approximate surface area is 162 Å². The lowest BCUT2D eigenvalue weighted by Crippen LogP contribution is -2.38. The maximum atomic E-state index is 13.4. The summed E-state index contributed by atoms with van der Waals surface area (Å²) in [6, 6.07) is 7.14. The molecule has 0 spiro atoms. The van der Waals surface area contributed by atoms with E-state index < -0.39 is 0 Å². The van der Waals surface area contributed by atoms with Crippen molar-refractivity contribution in [2.75, 3.05) is 0 Å². The van der Waals surface area contributed by atoms with Gasteiger partial charge in [-0.25, -0.2) is 4.98 Å². The fourth-order valence-electron chi connectivity index (χ4n) is 3.87. The molecule has 1 aliphatic carbocycles. The van der Waals surface area contributed by atoms with Gasteiger partial charge in [-0.1, -0.05) is 12.1 Å². The molecule has 1 aromatic carbocycles. The van der Waals surface area contributed by atoms with Gasteiger partial charge in [-0.2, -0.15) is 9.35 Å². The Kier molecular flexibility index (Phi) is 3.66. The van der Waals surface area contributed by atoms with Gasteiger partial charge in [0.25, 0.3) is 11.1 Å². The molecule has 0 bridgehead atoms. The zero-order valence-electron chi connectivity index (χ0n) is 14.6. The zero-order chi connectivity index (χ0) is 18.7. The van der Waals surface area contributed by atoms with Gasteiger partial charge in [0.2, 0.25) is 4.77 Å². The average Bonchev–Trinajstić information content (AvgIpc) is 3.02. The molecular weight excluding hydrogens is 380 g/mol. The molecule has 0 unspecified atom stereocenters. The molecule has 136 valence electrons. The van der Waals surface area contributed by atoms with Crippen molar-refractivity contribution in [1.82, 2.24) is 19.3 Å². The number of thiophene rings is 1. The summed E-state index contributed by atoms with van der Waals surface area (Å²) < 4.78 is 2.72. The first kappa shape index (κ1) is 16.6. The molecule has 6 nitrogen and oxygen atoms in total. The number of fused-ring (bicyclic) bond motifs is 4. The number of rotatable bonds is 1. The van der Waals surface area contributed by atoms with Gasteiger partial charge < -0.3 is 4.98 Å². The molecule has 0 radical (unpaired) electrons. The molecule has 4 aromatic rings. The summed E-state index contributed by atoms with van der Waals surface area (Å²) >= 11 is 7.01. The van der Waals surface area contributed by atoms with Gasteiger partial charge in [-0.15, -0.1) is 11.3 Å². The summed E-state index contributed by atoms with van der Waals surface area (Å²) in [7, 11) is 0. The minimum Gasteiger partial charge on any atom is -0.330 e. The molecule has 3 heterocycles. The second-order valence-corrected chi connectivity index (χ2v) is 8.23. The van der Waals surface area contributed by atoms with Crippen LogP contribution < -0.4 is 11.1 Å². The van der Waals surface area contributed by atoms with E-state index in [1.54, 1.807) is 36.5 Å². The van der Waals surface area contributed by atoms with Crippen molar-refractivity contribution >= 4 is 44.7 Å². The number of para-hydroxylation sites is 1. The van der Waals surface area contributed by atoms with E-state index in [4.69, 9.17) is 12.2 Å². The SMILES string of the molecule is Cc1nc2sc3c(c2c(=O)n1-n1c(=S)[nH]c2ccccc2c1=O)CCCC3. The largest absolute Gasteiger partial charge is 0.330 e. The van der Waals surface area contributed by atoms with Crippen LogP contribution in [-0.2, 0) is 12.8 Å². The summed E-state index contributed by atoms with van der Waals surface area (Å²) in [6.07, 6.45) is 4.09. The summed E-state index contributed by atoms with van der Waals surface area (Å²) in [5, 5.41) is 1.11. The number of hydrogen-bond acceptors (Lipinski definition) is 5. The Hall–Kier alpha value is -2.58. The maximum Gasteiger partial charge on any atom is 0.282 e. The lowest BCUT2D eigenvalue weighted by atomic mass is 9.97. The summed E-state index contributed by atoms with van der Waals surface area (Å²) in [4.78, 5) is 36.2. The first-order valence-electron chi connectivity index (χ1n) is 8.85.